The number of hydrogen-bond acceptors (Lipinski definition) is 0. The normalized spacial score (nSPS) is 9.00. The van der Waals surface area contributed by atoms with Gasteiger partial charge in [0.25, 0.3) is 0 Å². The molecule has 0 rings (SSSR count). The van der Waals surface area contributed by atoms with Crippen molar-refractivity contribution >= 4 is 0 Å². The molecule has 13 heavy (non-hydrogen) atoms. The highest BCUT2D eigenvalue weighted by molar-refractivity contribution is 4.45. The Hall–Kier alpha value is 0. The van der Waals surface area contributed by atoms with E-state index in [0.717, 1.165) is 5.92 Å². The fourth-order valence-corrected chi connectivity index (χ4v) is 0.697. The summed E-state index contributed by atoms with van der Waals surface area (Å²) in [6, 6.07) is 0. The first-order valence-electron chi connectivity index (χ1n) is 6.31. The van der Waals surface area contributed by atoms with Crippen LogP contribution < -0.4 is 0 Å². The minimum absolute atomic E-state index is 0.949. The smallest absolute Gasteiger partial charge is 0.0446 e. The van der Waals surface area contributed by atoms with Crippen molar-refractivity contribution < 1.29 is 0 Å². The summed E-state index contributed by atoms with van der Waals surface area (Å²) in [5.74, 6) is 0.949. The molecule has 0 nitrogen and oxygen atoms in total. The van der Waals surface area contributed by atoms with Crippen molar-refractivity contribution in [3.8, 4) is 0 Å². The van der Waals surface area contributed by atoms with Crippen molar-refractivity contribution in [1.82, 2.24) is 0 Å². The molecule has 1 atom stereocenters. The SMILES string of the molecule is CC.CC.CC.CCCC(C)CC. The minimum Gasteiger partial charge on any atom is -0.0683 e. The van der Waals surface area contributed by atoms with Gasteiger partial charge in [-0.25, -0.2) is 0 Å². The van der Waals surface area contributed by atoms with Crippen molar-refractivity contribution in [2.75, 3.05) is 0 Å². The van der Waals surface area contributed by atoms with Crippen molar-refractivity contribution in [3.63, 3.8) is 0 Å². The van der Waals surface area contributed by atoms with Crippen molar-refractivity contribution in [2.45, 2.75) is 81.6 Å². The second-order valence-corrected chi connectivity index (χ2v) is 2.30. The molecule has 0 aliphatic carbocycles. The molecule has 0 spiro atoms. The molecule has 0 aromatic rings. The molecular formula is C13H34. The van der Waals surface area contributed by atoms with E-state index in [9.17, 15) is 0 Å². The Morgan fingerprint density at radius 1 is 0.769 bits per heavy atom. The van der Waals surface area contributed by atoms with Gasteiger partial charge in [0, 0.05) is 0 Å². The Labute approximate surface area is 88.1 Å². The third-order valence-corrected chi connectivity index (χ3v) is 1.48. The number of rotatable bonds is 3. The van der Waals surface area contributed by atoms with Crippen molar-refractivity contribution in [1.29, 1.82) is 0 Å². The Morgan fingerprint density at radius 3 is 1.15 bits per heavy atom. The molecule has 0 aliphatic rings. The Morgan fingerprint density at radius 2 is 1.08 bits per heavy atom. The fourth-order valence-electron chi connectivity index (χ4n) is 0.697. The Balaban J connectivity index is -0.0000000573. The van der Waals surface area contributed by atoms with Gasteiger partial charge in [0.1, 0.15) is 0 Å². The van der Waals surface area contributed by atoms with E-state index in [-0.39, 0.29) is 0 Å². The summed E-state index contributed by atoms with van der Waals surface area (Å²) < 4.78 is 0. The topological polar surface area (TPSA) is 0 Å². The van der Waals surface area contributed by atoms with Gasteiger partial charge in [-0.05, 0) is 5.92 Å². The maximum absolute atomic E-state index is 2.31. The summed E-state index contributed by atoms with van der Waals surface area (Å²) in [5.41, 5.74) is 0. The lowest BCUT2D eigenvalue weighted by Gasteiger charge is -2.02. The van der Waals surface area contributed by atoms with Gasteiger partial charge >= 0.3 is 0 Å². The quantitative estimate of drug-likeness (QED) is 0.519. The maximum Gasteiger partial charge on any atom is -0.0446 e. The molecule has 0 saturated carbocycles. The van der Waals surface area contributed by atoms with E-state index in [1.165, 1.54) is 19.3 Å². The summed E-state index contributed by atoms with van der Waals surface area (Å²) in [7, 11) is 0. The van der Waals surface area contributed by atoms with E-state index in [2.05, 4.69) is 20.8 Å². The van der Waals surface area contributed by atoms with Crippen LogP contribution in [0.2, 0.25) is 0 Å². The van der Waals surface area contributed by atoms with Gasteiger partial charge in [-0.1, -0.05) is 81.6 Å². The van der Waals surface area contributed by atoms with Gasteiger partial charge in [-0.3, -0.25) is 0 Å². The second-order valence-electron chi connectivity index (χ2n) is 2.30. The molecule has 0 saturated heterocycles. The summed E-state index contributed by atoms with van der Waals surface area (Å²) in [6.45, 7) is 18.8. The third-order valence-electron chi connectivity index (χ3n) is 1.48. The highest BCUT2D eigenvalue weighted by Gasteiger charge is 1.92. The molecule has 0 aromatic heterocycles. The van der Waals surface area contributed by atoms with Gasteiger partial charge < -0.3 is 0 Å². The van der Waals surface area contributed by atoms with Gasteiger partial charge in [0.2, 0.25) is 0 Å². The third kappa shape index (κ3) is 48.0. The van der Waals surface area contributed by atoms with Crippen LogP contribution in [0, 0.1) is 5.92 Å². The zero-order chi connectivity index (χ0) is 11.7. The van der Waals surface area contributed by atoms with Crippen LogP contribution in [0.4, 0.5) is 0 Å². The summed E-state index contributed by atoms with van der Waals surface area (Å²) >= 11 is 0. The van der Waals surface area contributed by atoms with Gasteiger partial charge in [-0.15, -0.1) is 0 Å². The van der Waals surface area contributed by atoms with Crippen LogP contribution in [0.15, 0.2) is 0 Å². The van der Waals surface area contributed by atoms with E-state index in [4.69, 9.17) is 0 Å². The molecule has 0 fully saturated rings. The highest BCUT2D eigenvalue weighted by atomic mass is 14.0. The predicted octanol–water partition coefficient (Wildman–Crippen LogP) is 5.91. The van der Waals surface area contributed by atoms with E-state index in [0.29, 0.717) is 0 Å². The molecule has 0 bridgehead atoms. The largest absolute Gasteiger partial charge is 0.0683 e. The lowest BCUT2D eigenvalue weighted by molar-refractivity contribution is 0.509. The summed E-state index contributed by atoms with van der Waals surface area (Å²) in [5, 5.41) is 0. The summed E-state index contributed by atoms with van der Waals surface area (Å²) in [4.78, 5) is 0. The molecule has 0 amide bonds. The molecule has 0 aromatic carbocycles. The average Bonchev–Trinajstić information content (AvgIpc) is 2.27. The average molecular weight is 190 g/mol. The van der Waals surface area contributed by atoms with Crippen LogP contribution in [0.3, 0.4) is 0 Å². The van der Waals surface area contributed by atoms with Crippen LogP contribution in [0.25, 0.3) is 0 Å². The van der Waals surface area contributed by atoms with Crippen LogP contribution >= 0.6 is 0 Å². The van der Waals surface area contributed by atoms with E-state index < -0.39 is 0 Å². The predicted molar refractivity (Wildman–Crippen MR) is 68.4 cm³/mol. The van der Waals surface area contributed by atoms with E-state index >= 15 is 0 Å². The Bertz CT molecular complexity index is 31.0. The molecule has 0 aliphatic heterocycles. The first-order valence-corrected chi connectivity index (χ1v) is 6.31. The van der Waals surface area contributed by atoms with Crippen LogP contribution in [0.1, 0.15) is 81.6 Å². The minimum atomic E-state index is 0.949. The molecule has 0 heteroatoms. The zero-order valence-electron chi connectivity index (χ0n) is 11.7. The van der Waals surface area contributed by atoms with Crippen molar-refractivity contribution in [2.24, 2.45) is 5.92 Å². The van der Waals surface area contributed by atoms with Gasteiger partial charge in [0.15, 0.2) is 0 Å². The first kappa shape index (κ1) is 23.1. The first-order chi connectivity index (χ1) is 6.31. The fraction of sp³-hybridized carbons (Fsp3) is 1.00. The summed E-state index contributed by atoms with van der Waals surface area (Å²) in [6.07, 6.45) is 4.08. The number of hydrogen-bond donors (Lipinski definition) is 0. The van der Waals surface area contributed by atoms with Gasteiger partial charge in [-0.2, -0.15) is 0 Å². The second kappa shape index (κ2) is 40.3. The molecule has 1 unspecified atom stereocenters. The van der Waals surface area contributed by atoms with Crippen LogP contribution in [0.5, 0.6) is 0 Å². The van der Waals surface area contributed by atoms with Crippen molar-refractivity contribution in [3.05, 3.63) is 0 Å². The highest BCUT2D eigenvalue weighted by Crippen LogP contribution is 2.07. The lowest BCUT2D eigenvalue weighted by atomic mass is 10.0. The molecule has 0 N–H and O–H groups in total. The molecular weight excluding hydrogens is 156 g/mol. The van der Waals surface area contributed by atoms with Gasteiger partial charge in [0.05, 0.1) is 0 Å². The van der Waals surface area contributed by atoms with Crippen LogP contribution in [-0.2, 0) is 0 Å². The lowest BCUT2D eigenvalue weighted by Crippen LogP contribution is -1.88. The zero-order valence-corrected chi connectivity index (χ0v) is 11.7. The molecule has 0 radical (unpaired) electrons. The Kier molecular flexibility index (Phi) is 71.7. The standard InChI is InChI=1S/C7H16.3C2H6/c1-4-6-7(3)5-2;3*1-2/h7H,4-6H2,1-3H3;3*1-2H3. The van der Waals surface area contributed by atoms with Crippen LogP contribution in [-0.4, -0.2) is 0 Å². The molecule has 86 valence electrons. The van der Waals surface area contributed by atoms with E-state index in [1.807, 2.05) is 41.5 Å². The molecule has 0 heterocycles. The monoisotopic (exact) mass is 190 g/mol. The van der Waals surface area contributed by atoms with E-state index in [1.54, 1.807) is 0 Å². The maximum atomic E-state index is 2.31.